The molecule has 2 rings (SSSR count). The fourth-order valence-corrected chi connectivity index (χ4v) is 2.94. The zero-order valence-corrected chi connectivity index (χ0v) is 14.8. The molecule has 21 heavy (non-hydrogen) atoms. The molecule has 0 aromatic heterocycles. The number of hydrogen-bond acceptors (Lipinski definition) is 3. The van der Waals surface area contributed by atoms with Crippen LogP contribution < -0.4 is 16.0 Å². The summed E-state index contributed by atoms with van der Waals surface area (Å²) in [5.74, 6) is 0. The van der Waals surface area contributed by atoms with Gasteiger partial charge < -0.3 is 16.0 Å². The Bertz CT molecular complexity index is 513. The molecule has 1 aliphatic rings. The maximum absolute atomic E-state index is 6.37. The summed E-state index contributed by atoms with van der Waals surface area (Å²) < 4.78 is 0. The minimum Gasteiger partial charge on any atom is -0.397 e. The standard InChI is InChI=1S/C15H22ClN3.C2H6/c1-10-5-12(16)14(19-8-15(2,3)9-19)6-11(10)13(17)7-18-4;1-2/h5-7,18H,8-9,17H2,1-4H3;1-2H3/b13-7-;. The van der Waals surface area contributed by atoms with Crippen LogP contribution in [0.2, 0.25) is 5.02 Å². The van der Waals surface area contributed by atoms with E-state index in [4.69, 9.17) is 17.3 Å². The van der Waals surface area contributed by atoms with Crippen molar-refractivity contribution in [3.8, 4) is 0 Å². The van der Waals surface area contributed by atoms with E-state index in [0.717, 1.165) is 40.6 Å². The molecule has 0 spiro atoms. The largest absolute Gasteiger partial charge is 0.397 e. The van der Waals surface area contributed by atoms with Crippen LogP contribution in [-0.4, -0.2) is 20.1 Å². The lowest BCUT2D eigenvalue weighted by Gasteiger charge is -2.47. The van der Waals surface area contributed by atoms with Gasteiger partial charge in [0.2, 0.25) is 0 Å². The first-order valence-corrected chi connectivity index (χ1v) is 7.90. The monoisotopic (exact) mass is 309 g/mol. The number of rotatable bonds is 3. The maximum atomic E-state index is 6.37. The van der Waals surface area contributed by atoms with E-state index >= 15 is 0 Å². The minimum absolute atomic E-state index is 0.376. The molecule has 0 atom stereocenters. The number of aryl methyl sites for hydroxylation is 1. The lowest BCUT2D eigenvalue weighted by Crippen LogP contribution is -2.53. The zero-order valence-electron chi connectivity index (χ0n) is 14.0. The molecule has 0 amide bonds. The van der Waals surface area contributed by atoms with Gasteiger partial charge in [0.25, 0.3) is 0 Å². The number of nitrogens with zero attached hydrogens (tertiary/aromatic N) is 1. The Labute approximate surface area is 134 Å². The Morgan fingerprint density at radius 1 is 1.33 bits per heavy atom. The van der Waals surface area contributed by atoms with Gasteiger partial charge in [-0.1, -0.05) is 39.3 Å². The molecule has 1 heterocycles. The van der Waals surface area contributed by atoms with Crippen LogP contribution in [0, 0.1) is 12.3 Å². The normalized spacial score (nSPS) is 16.7. The molecule has 4 heteroatoms. The Hall–Kier alpha value is -1.35. The van der Waals surface area contributed by atoms with Gasteiger partial charge in [-0.3, -0.25) is 0 Å². The van der Waals surface area contributed by atoms with E-state index in [1.807, 2.05) is 33.9 Å². The molecule has 1 aliphatic heterocycles. The van der Waals surface area contributed by atoms with E-state index in [1.165, 1.54) is 0 Å². The molecular weight excluding hydrogens is 282 g/mol. The first-order valence-electron chi connectivity index (χ1n) is 7.52. The van der Waals surface area contributed by atoms with Crippen LogP contribution in [0.4, 0.5) is 5.69 Å². The Balaban J connectivity index is 0.00000106. The molecule has 3 nitrogen and oxygen atoms in total. The third-order valence-corrected chi connectivity index (χ3v) is 3.79. The molecule has 0 unspecified atom stereocenters. The summed E-state index contributed by atoms with van der Waals surface area (Å²) in [6.45, 7) is 12.6. The third kappa shape index (κ3) is 4.07. The molecule has 3 N–H and O–H groups in total. The van der Waals surface area contributed by atoms with Crippen molar-refractivity contribution in [2.24, 2.45) is 11.1 Å². The van der Waals surface area contributed by atoms with Gasteiger partial charge in [0.05, 0.1) is 16.4 Å². The summed E-state index contributed by atoms with van der Waals surface area (Å²) >= 11 is 6.37. The van der Waals surface area contributed by atoms with Crippen molar-refractivity contribution in [2.75, 3.05) is 25.0 Å². The van der Waals surface area contributed by atoms with E-state index in [9.17, 15) is 0 Å². The van der Waals surface area contributed by atoms with Crippen molar-refractivity contribution in [3.63, 3.8) is 0 Å². The molecular formula is C17H28ClN3. The molecule has 1 fully saturated rings. The Morgan fingerprint density at radius 2 is 1.90 bits per heavy atom. The molecule has 1 aromatic rings. The lowest BCUT2D eigenvalue weighted by atomic mass is 9.84. The fourth-order valence-electron chi connectivity index (χ4n) is 2.61. The van der Waals surface area contributed by atoms with Crippen LogP contribution in [0.5, 0.6) is 0 Å². The van der Waals surface area contributed by atoms with Gasteiger partial charge in [-0.25, -0.2) is 0 Å². The van der Waals surface area contributed by atoms with Gasteiger partial charge in [0.1, 0.15) is 0 Å². The topological polar surface area (TPSA) is 41.3 Å². The molecule has 1 saturated heterocycles. The summed E-state index contributed by atoms with van der Waals surface area (Å²) in [5.41, 5.74) is 10.4. The van der Waals surface area contributed by atoms with E-state index in [0.29, 0.717) is 5.41 Å². The highest BCUT2D eigenvalue weighted by Gasteiger charge is 2.35. The van der Waals surface area contributed by atoms with Crippen molar-refractivity contribution in [3.05, 3.63) is 34.5 Å². The van der Waals surface area contributed by atoms with Gasteiger partial charge in [0, 0.05) is 31.9 Å². The van der Waals surface area contributed by atoms with E-state index in [2.05, 4.69) is 30.1 Å². The fraction of sp³-hybridized carbons (Fsp3) is 0.529. The predicted molar refractivity (Wildman–Crippen MR) is 94.8 cm³/mol. The van der Waals surface area contributed by atoms with Gasteiger partial charge in [-0.15, -0.1) is 0 Å². The first kappa shape index (κ1) is 17.7. The van der Waals surface area contributed by atoms with Crippen LogP contribution in [0.15, 0.2) is 18.3 Å². The number of nitrogens with two attached hydrogens (primary N) is 1. The average molecular weight is 310 g/mol. The summed E-state index contributed by atoms with van der Waals surface area (Å²) in [5, 5.41) is 3.76. The smallest absolute Gasteiger partial charge is 0.0642 e. The summed E-state index contributed by atoms with van der Waals surface area (Å²) in [6.07, 6.45) is 1.81. The average Bonchev–Trinajstić information content (AvgIpc) is 2.38. The molecule has 0 radical (unpaired) electrons. The molecule has 0 saturated carbocycles. The zero-order chi connectivity index (χ0) is 16.2. The van der Waals surface area contributed by atoms with Crippen molar-refractivity contribution >= 4 is 23.0 Å². The maximum Gasteiger partial charge on any atom is 0.0642 e. The first-order chi connectivity index (χ1) is 9.84. The third-order valence-electron chi connectivity index (χ3n) is 3.48. The number of benzene rings is 1. The van der Waals surface area contributed by atoms with Gasteiger partial charge in [0.15, 0.2) is 0 Å². The quantitative estimate of drug-likeness (QED) is 0.887. The molecule has 0 bridgehead atoms. The summed E-state index contributed by atoms with van der Waals surface area (Å²) in [4.78, 5) is 2.30. The highest BCUT2D eigenvalue weighted by atomic mass is 35.5. The second kappa shape index (κ2) is 7.08. The number of anilines is 1. The summed E-state index contributed by atoms with van der Waals surface area (Å²) in [6, 6.07) is 4.09. The second-order valence-corrected chi connectivity index (χ2v) is 6.43. The highest BCUT2D eigenvalue weighted by molar-refractivity contribution is 6.33. The molecule has 0 aliphatic carbocycles. The van der Waals surface area contributed by atoms with Crippen LogP contribution in [0.3, 0.4) is 0 Å². The molecule has 1 aromatic carbocycles. The lowest BCUT2D eigenvalue weighted by molar-refractivity contribution is 0.276. The van der Waals surface area contributed by atoms with Gasteiger partial charge in [-0.2, -0.15) is 0 Å². The van der Waals surface area contributed by atoms with Gasteiger partial charge >= 0.3 is 0 Å². The van der Waals surface area contributed by atoms with Crippen LogP contribution >= 0.6 is 11.6 Å². The van der Waals surface area contributed by atoms with Crippen LogP contribution in [0.25, 0.3) is 5.70 Å². The van der Waals surface area contributed by atoms with Crippen molar-refractivity contribution in [2.45, 2.75) is 34.6 Å². The number of hydrogen-bond donors (Lipinski definition) is 2. The predicted octanol–water partition coefficient (Wildman–Crippen LogP) is 4.00. The molecule has 118 valence electrons. The Morgan fingerprint density at radius 3 is 2.38 bits per heavy atom. The minimum atomic E-state index is 0.376. The van der Waals surface area contributed by atoms with Crippen LogP contribution in [-0.2, 0) is 0 Å². The second-order valence-electron chi connectivity index (χ2n) is 6.03. The van der Waals surface area contributed by atoms with E-state index in [-0.39, 0.29) is 0 Å². The number of nitrogens with one attached hydrogen (secondary N) is 1. The number of halogens is 1. The van der Waals surface area contributed by atoms with Crippen molar-refractivity contribution < 1.29 is 0 Å². The van der Waals surface area contributed by atoms with Gasteiger partial charge in [-0.05, 0) is 30.0 Å². The Kier molecular flexibility index (Phi) is 5.97. The van der Waals surface area contributed by atoms with Crippen LogP contribution in [0.1, 0.15) is 38.8 Å². The van der Waals surface area contributed by atoms with Crippen molar-refractivity contribution in [1.29, 1.82) is 0 Å². The van der Waals surface area contributed by atoms with E-state index in [1.54, 1.807) is 6.20 Å². The van der Waals surface area contributed by atoms with Crippen molar-refractivity contribution in [1.82, 2.24) is 5.32 Å². The van der Waals surface area contributed by atoms with E-state index < -0.39 is 0 Å². The SMILES string of the molecule is CC.CN/C=C(\N)c1cc(N2CC(C)(C)C2)c(Cl)cc1C. The summed E-state index contributed by atoms with van der Waals surface area (Å²) in [7, 11) is 1.84. The highest BCUT2D eigenvalue weighted by Crippen LogP contribution is 2.39.